The van der Waals surface area contributed by atoms with Gasteiger partial charge in [-0.2, -0.15) is 5.10 Å². The van der Waals surface area contributed by atoms with Gasteiger partial charge < -0.3 is 15.6 Å². The lowest BCUT2D eigenvalue weighted by Crippen LogP contribution is -2.38. The van der Waals surface area contributed by atoms with Gasteiger partial charge in [-0.15, -0.1) is 0 Å². The van der Waals surface area contributed by atoms with Crippen molar-refractivity contribution in [2.24, 2.45) is 5.73 Å². The molecule has 4 N–H and O–H groups in total. The van der Waals surface area contributed by atoms with E-state index in [1.165, 1.54) is 0 Å². The molecule has 7 nitrogen and oxygen atoms in total. The van der Waals surface area contributed by atoms with Crippen LogP contribution in [0.5, 0.6) is 0 Å². The van der Waals surface area contributed by atoms with Gasteiger partial charge in [0.05, 0.1) is 11.7 Å². The fourth-order valence-electron chi connectivity index (χ4n) is 3.48. The molecule has 1 aliphatic rings. The molecule has 7 heteroatoms. The topological polar surface area (TPSA) is 108 Å². The zero-order valence-electron chi connectivity index (χ0n) is 13.7. The van der Waals surface area contributed by atoms with E-state index in [4.69, 9.17) is 5.73 Å². The molecule has 1 atom stereocenters. The SMILES string of the molecule is NC(=O)c1cc(C2CCCCN2C(=O)c2ccc3[nH]ccc3c2)[nH]n1. The number of carbonyl (C=O) groups excluding carboxylic acids is 2. The predicted octanol–water partition coefficient (Wildman–Crippen LogP) is 2.36. The van der Waals surface area contributed by atoms with Gasteiger partial charge in [0, 0.05) is 29.2 Å². The van der Waals surface area contributed by atoms with Crippen LogP contribution in [-0.2, 0) is 0 Å². The Kier molecular flexibility index (Phi) is 3.76. The molecule has 0 saturated carbocycles. The number of benzene rings is 1. The molecule has 4 rings (SSSR count). The average Bonchev–Trinajstić information content (AvgIpc) is 3.29. The number of fused-ring (bicyclic) bond motifs is 1. The van der Waals surface area contributed by atoms with Crippen LogP contribution in [0.15, 0.2) is 36.5 Å². The van der Waals surface area contributed by atoms with E-state index in [9.17, 15) is 9.59 Å². The van der Waals surface area contributed by atoms with Crippen LogP contribution in [-0.4, -0.2) is 38.4 Å². The van der Waals surface area contributed by atoms with E-state index < -0.39 is 5.91 Å². The van der Waals surface area contributed by atoms with Gasteiger partial charge in [0.2, 0.25) is 0 Å². The molecular formula is C18H19N5O2. The Bertz CT molecular complexity index is 942. The minimum Gasteiger partial charge on any atom is -0.364 e. The fourth-order valence-corrected chi connectivity index (χ4v) is 3.48. The van der Waals surface area contributed by atoms with Gasteiger partial charge in [0.25, 0.3) is 11.8 Å². The summed E-state index contributed by atoms with van der Waals surface area (Å²) in [5, 5.41) is 7.83. The summed E-state index contributed by atoms with van der Waals surface area (Å²) in [5.74, 6) is -0.586. The average molecular weight is 337 g/mol. The van der Waals surface area contributed by atoms with Crippen molar-refractivity contribution in [1.82, 2.24) is 20.1 Å². The van der Waals surface area contributed by atoms with Crippen LogP contribution in [0.25, 0.3) is 10.9 Å². The number of carbonyl (C=O) groups is 2. The van der Waals surface area contributed by atoms with Crippen molar-refractivity contribution in [1.29, 1.82) is 0 Å². The maximum absolute atomic E-state index is 13.1. The van der Waals surface area contributed by atoms with E-state index in [0.717, 1.165) is 35.9 Å². The summed E-state index contributed by atoms with van der Waals surface area (Å²) >= 11 is 0. The Balaban J connectivity index is 1.65. The molecule has 0 spiro atoms. The lowest BCUT2D eigenvalue weighted by atomic mass is 9.97. The Morgan fingerprint density at radius 2 is 2.08 bits per heavy atom. The summed E-state index contributed by atoms with van der Waals surface area (Å²) in [5.41, 5.74) is 7.90. The van der Waals surface area contributed by atoms with Crippen LogP contribution in [0.1, 0.15) is 51.8 Å². The molecule has 1 aliphatic heterocycles. The monoisotopic (exact) mass is 337 g/mol. The highest BCUT2D eigenvalue weighted by Crippen LogP contribution is 2.31. The molecule has 0 radical (unpaired) electrons. The number of likely N-dealkylation sites (tertiary alicyclic amines) is 1. The molecule has 0 aliphatic carbocycles. The quantitative estimate of drug-likeness (QED) is 0.682. The summed E-state index contributed by atoms with van der Waals surface area (Å²) in [4.78, 5) is 29.4. The highest BCUT2D eigenvalue weighted by atomic mass is 16.2. The standard InChI is InChI=1S/C18H19N5O2/c19-17(24)15-10-14(21-22-15)16-3-1-2-8-23(16)18(25)12-4-5-13-11(9-12)6-7-20-13/h4-7,9-10,16,20H,1-3,8H2,(H2,19,24)(H,21,22). The highest BCUT2D eigenvalue weighted by molar-refractivity contribution is 5.98. The number of rotatable bonds is 3. The van der Waals surface area contributed by atoms with Crippen LogP contribution in [0.4, 0.5) is 0 Å². The maximum atomic E-state index is 13.1. The molecule has 3 heterocycles. The molecule has 1 fully saturated rings. The van der Waals surface area contributed by atoms with Crippen LogP contribution in [0.2, 0.25) is 0 Å². The smallest absolute Gasteiger partial charge is 0.269 e. The maximum Gasteiger partial charge on any atom is 0.269 e. The minimum atomic E-state index is -0.575. The summed E-state index contributed by atoms with van der Waals surface area (Å²) in [6, 6.07) is 9.14. The summed E-state index contributed by atoms with van der Waals surface area (Å²) in [7, 11) is 0. The number of primary amides is 1. The Labute approximate surface area is 144 Å². The van der Waals surface area contributed by atoms with E-state index in [-0.39, 0.29) is 17.6 Å². The molecule has 128 valence electrons. The third kappa shape index (κ3) is 2.77. The van der Waals surface area contributed by atoms with E-state index in [1.54, 1.807) is 6.07 Å². The van der Waals surface area contributed by atoms with Crippen LogP contribution in [0.3, 0.4) is 0 Å². The minimum absolute atomic E-state index is 0.0111. The van der Waals surface area contributed by atoms with E-state index in [0.29, 0.717) is 12.1 Å². The first-order valence-corrected chi connectivity index (χ1v) is 8.37. The van der Waals surface area contributed by atoms with Gasteiger partial charge in [-0.25, -0.2) is 0 Å². The van der Waals surface area contributed by atoms with Crippen molar-refractivity contribution < 1.29 is 9.59 Å². The summed E-state index contributed by atoms with van der Waals surface area (Å²) in [6.07, 6.45) is 4.68. The molecule has 1 unspecified atom stereocenters. The van der Waals surface area contributed by atoms with Gasteiger partial charge in [-0.3, -0.25) is 14.7 Å². The number of piperidine rings is 1. The van der Waals surface area contributed by atoms with Crippen LogP contribution < -0.4 is 5.73 Å². The predicted molar refractivity (Wildman–Crippen MR) is 93.0 cm³/mol. The zero-order chi connectivity index (χ0) is 17.4. The van der Waals surface area contributed by atoms with Gasteiger partial charge in [0.15, 0.2) is 0 Å². The molecule has 1 saturated heterocycles. The van der Waals surface area contributed by atoms with Gasteiger partial charge in [0.1, 0.15) is 5.69 Å². The number of nitrogens with one attached hydrogen (secondary N) is 2. The number of hydrogen-bond acceptors (Lipinski definition) is 3. The van der Waals surface area contributed by atoms with Crippen molar-refractivity contribution in [2.45, 2.75) is 25.3 Å². The molecule has 1 aromatic carbocycles. The van der Waals surface area contributed by atoms with Gasteiger partial charge in [-0.05, 0) is 49.6 Å². The van der Waals surface area contributed by atoms with E-state index in [1.807, 2.05) is 35.4 Å². The second kappa shape index (κ2) is 6.08. The number of nitrogens with zero attached hydrogens (tertiary/aromatic N) is 2. The summed E-state index contributed by atoms with van der Waals surface area (Å²) < 4.78 is 0. The molecule has 0 bridgehead atoms. The number of hydrogen-bond donors (Lipinski definition) is 3. The number of nitrogens with two attached hydrogens (primary N) is 1. The molecule has 3 aromatic rings. The van der Waals surface area contributed by atoms with E-state index in [2.05, 4.69) is 15.2 Å². The first-order valence-electron chi connectivity index (χ1n) is 8.37. The summed E-state index contributed by atoms with van der Waals surface area (Å²) in [6.45, 7) is 0.680. The normalized spacial score (nSPS) is 17.8. The highest BCUT2D eigenvalue weighted by Gasteiger charge is 2.30. The van der Waals surface area contributed by atoms with Gasteiger partial charge >= 0.3 is 0 Å². The molecule has 2 amide bonds. The van der Waals surface area contributed by atoms with Crippen molar-refractivity contribution in [2.75, 3.05) is 6.54 Å². The molecule has 2 aromatic heterocycles. The zero-order valence-corrected chi connectivity index (χ0v) is 13.7. The van der Waals surface area contributed by atoms with Crippen LogP contribution in [0, 0.1) is 0 Å². The van der Waals surface area contributed by atoms with Crippen molar-refractivity contribution in [3.63, 3.8) is 0 Å². The van der Waals surface area contributed by atoms with Crippen molar-refractivity contribution in [3.8, 4) is 0 Å². The second-order valence-corrected chi connectivity index (χ2v) is 6.36. The first-order chi connectivity index (χ1) is 12.1. The van der Waals surface area contributed by atoms with Crippen molar-refractivity contribution in [3.05, 3.63) is 53.5 Å². The second-order valence-electron chi connectivity index (χ2n) is 6.36. The lowest BCUT2D eigenvalue weighted by molar-refractivity contribution is 0.0606. The molecular weight excluding hydrogens is 318 g/mol. The van der Waals surface area contributed by atoms with Crippen LogP contribution >= 0.6 is 0 Å². The number of amides is 2. The van der Waals surface area contributed by atoms with E-state index >= 15 is 0 Å². The third-order valence-corrected chi connectivity index (χ3v) is 4.77. The number of aromatic nitrogens is 3. The fraction of sp³-hybridized carbons (Fsp3) is 0.278. The largest absolute Gasteiger partial charge is 0.364 e. The van der Waals surface area contributed by atoms with Crippen molar-refractivity contribution >= 4 is 22.7 Å². The molecule has 25 heavy (non-hydrogen) atoms. The Morgan fingerprint density at radius 3 is 2.88 bits per heavy atom. The number of H-pyrrole nitrogens is 2. The van der Waals surface area contributed by atoms with Gasteiger partial charge in [-0.1, -0.05) is 0 Å². The third-order valence-electron chi connectivity index (χ3n) is 4.77. The lowest BCUT2D eigenvalue weighted by Gasteiger charge is -2.35. The Morgan fingerprint density at radius 1 is 1.20 bits per heavy atom. The first kappa shape index (κ1) is 15.4. The Hall–Kier alpha value is -3.09. The number of aromatic amines is 2.